The van der Waals surface area contributed by atoms with Crippen molar-refractivity contribution >= 4 is 17.4 Å². The van der Waals surface area contributed by atoms with Crippen LogP contribution in [0, 0.1) is 5.82 Å². The highest BCUT2D eigenvalue weighted by Gasteiger charge is 2.10. The summed E-state index contributed by atoms with van der Waals surface area (Å²) in [6.07, 6.45) is 0. The molecule has 0 spiro atoms. The van der Waals surface area contributed by atoms with Gasteiger partial charge in [0.1, 0.15) is 12.4 Å². The summed E-state index contributed by atoms with van der Waals surface area (Å²) in [7, 11) is 0. The summed E-state index contributed by atoms with van der Waals surface area (Å²) >= 11 is 5.69. The lowest BCUT2D eigenvalue weighted by atomic mass is 10.1. The van der Waals surface area contributed by atoms with Gasteiger partial charge in [0.2, 0.25) is 0 Å². The van der Waals surface area contributed by atoms with Crippen LogP contribution in [-0.2, 0) is 4.74 Å². The van der Waals surface area contributed by atoms with E-state index in [1.165, 1.54) is 12.1 Å². The number of ketones is 1. The average molecular weight is 217 g/mol. The maximum Gasteiger partial charge on any atom is 0.189 e. The fourth-order valence-corrected chi connectivity index (χ4v) is 1.26. The lowest BCUT2D eigenvalue weighted by molar-refractivity contribution is 0.0783. The minimum Gasteiger partial charge on any atom is -0.374 e. The SMILES string of the molecule is CCOCC(=O)c1ccc(F)cc1Cl. The van der Waals surface area contributed by atoms with Crippen LogP contribution in [0.25, 0.3) is 0 Å². The predicted octanol–water partition coefficient (Wildman–Crippen LogP) is 2.70. The molecule has 0 fully saturated rings. The maximum atomic E-state index is 12.6. The summed E-state index contributed by atoms with van der Waals surface area (Å²) in [6.45, 7) is 2.23. The van der Waals surface area contributed by atoms with E-state index in [0.717, 1.165) is 6.07 Å². The van der Waals surface area contributed by atoms with Crippen molar-refractivity contribution in [2.45, 2.75) is 6.92 Å². The molecule has 0 aliphatic heterocycles. The number of carbonyl (C=O) groups is 1. The fourth-order valence-electron chi connectivity index (χ4n) is 0.988. The minimum absolute atomic E-state index is 0.0259. The summed E-state index contributed by atoms with van der Waals surface area (Å²) < 4.78 is 17.6. The molecule has 0 aromatic heterocycles. The minimum atomic E-state index is -0.456. The van der Waals surface area contributed by atoms with Crippen LogP contribution in [0.1, 0.15) is 17.3 Å². The van der Waals surface area contributed by atoms with Crippen molar-refractivity contribution in [3.8, 4) is 0 Å². The highest BCUT2D eigenvalue weighted by molar-refractivity contribution is 6.34. The van der Waals surface area contributed by atoms with Gasteiger partial charge in [-0.1, -0.05) is 11.6 Å². The van der Waals surface area contributed by atoms with Gasteiger partial charge in [-0.3, -0.25) is 4.79 Å². The van der Waals surface area contributed by atoms with Gasteiger partial charge >= 0.3 is 0 Å². The number of hydrogen-bond acceptors (Lipinski definition) is 2. The molecular formula is C10H10ClFO2. The van der Waals surface area contributed by atoms with Crippen molar-refractivity contribution in [1.82, 2.24) is 0 Å². The Labute approximate surface area is 86.6 Å². The van der Waals surface area contributed by atoms with Gasteiger partial charge in [-0.15, -0.1) is 0 Å². The second-order valence-corrected chi connectivity index (χ2v) is 3.09. The van der Waals surface area contributed by atoms with Gasteiger partial charge in [0.15, 0.2) is 5.78 Å². The molecular weight excluding hydrogens is 207 g/mol. The maximum absolute atomic E-state index is 12.6. The van der Waals surface area contributed by atoms with E-state index >= 15 is 0 Å². The third-order valence-electron chi connectivity index (χ3n) is 1.67. The Balaban J connectivity index is 2.80. The first-order valence-electron chi connectivity index (χ1n) is 4.21. The van der Waals surface area contributed by atoms with Crippen molar-refractivity contribution in [3.05, 3.63) is 34.6 Å². The van der Waals surface area contributed by atoms with Crippen molar-refractivity contribution in [2.24, 2.45) is 0 Å². The van der Waals surface area contributed by atoms with Crippen LogP contribution in [-0.4, -0.2) is 19.0 Å². The van der Waals surface area contributed by atoms with E-state index in [2.05, 4.69) is 0 Å². The zero-order valence-electron chi connectivity index (χ0n) is 7.72. The molecule has 0 aliphatic carbocycles. The van der Waals surface area contributed by atoms with Gasteiger partial charge in [0, 0.05) is 12.2 Å². The molecule has 0 heterocycles. The Kier molecular flexibility index (Phi) is 4.04. The summed E-state index contributed by atoms with van der Waals surface area (Å²) in [4.78, 5) is 11.4. The van der Waals surface area contributed by atoms with Crippen molar-refractivity contribution < 1.29 is 13.9 Å². The Bertz CT molecular complexity index is 339. The van der Waals surface area contributed by atoms with E-state index in [4.69, 9.17) is 16.3 Å². The second-order valence-electron chi connectivity index (χ2n) is 2.68. The van der Waals surface area contributed by atoms with Gasteiger partial charge in [-0.05, 0) is 25.1 Å². The van der Waals surface area contributed by atoms with E-state index in [9.17, 15) is 9.18 Å². The molecule has 4 heteroatoms. The van der Waals surface area contributed by atoms with E-state index in [-0.39, 0.29) is 17.4 Å². The molecule has 1 aromatic carbocycles. The summed E-state index contributed by atoms with van der Waals surface area (Å²) in [5, 5.41) is 0.120. The molecule has 14 heavy (non-hydrogen) atoms. The number of rotatable bonds is 4. The van der Waals surface area contributed by atoms with E-state index in [1.54, 1.807) is 6.92 Å². The second kappa shape index (κ2) is 5.08. The number of benzene rings is 1. The number of ether oxygens (including phenoxy) is 1. The molecule has 0 amide bonds. The number of Topliss-reactive ketones (excluding diaryl/α,β-unsaturated/α-hetero) is 1. The first-order chi connectivity index (χ1) is 6.65. The van der Waals surface area contributed by atoms with Crippen molar-refractivity contribution in [2.75, 3.05) is 13.2 Å². The largest absolute Gasteiger partial charge is 0.374 e. The third-order valence-corrected chi connectivity index (χ3v) is 1.98. The Morgan fingerprint density at radius 3 is 2.86 bits per heavy atom. The molecule has 0 saturated heterocycles. The van der Waals surface area contributed by atoms with E-state index < -0.39 is 5.82 Å². The van der Waals surface area contributed by atoms with Crippen LogP contribution in [0.5, 0.6) is 0 Å². The zero-order chi connectivity index (χ0) is 10.6. The molecule has 0 radical (unpaired) electrons. The zero-order valence-corrected chi connectivity index (χ0v) is 8.47. The van der Waals surface area contributed by atoms with Crippen LogP contribution in [0.2, 0.25) is 5.02 Å². The van der Waals surface area contributed by atoms with Gasteiger partial charge < -0.3 is 4.74 Å². The van der Waals surface area contributed by atoms with E-state index in [0.29, 0.717) is 12.2 Å². The topological polar surface area (TPSA) is 26.3 Å². The van der Waals surface area contributed by atoms with Crippen LogP contribution in [0.15, 0.2) is 18.2 Å². The van der Waals surface area contributed by atoms with Crippen LogP contribution in [0.3, 0.4) is 0 Å². The fraction of sp³-hybridized carbons (Fsp3) is 0.300. The van der Waals surface area contributed by atoms with Crippen molar-refractivity contribution in [1.29, 1.82) is 0 Å². The molecule has 0 saturated carbocycles. The highest BCUT2D eigenvalue weighted by Crippen LogP contribution is 2.17. The first-order valence-corrected chi connectivity index (χ1v) is 4.59. The van der Waals surface area contributed by atoms with Gasteiger partial charge in [-0.2, -0.15) is 0 Å². The van der Waals surface area contributed by atoms with Gasteiger partial charge in [-0.25, -0.2) is 4.39 Å². The lowest BCUT2D eigenvalue weighted by Crippen LogP contribution is -2.09. The molecule has 0 unspecified atom stereocenters. The molecule has 2 nitrogen and oxygen atoms in total. The molecule has 1 rings (SSSR count). The Morgan fingerprint density at radius 2 is 2.29 bits per heavy atom. The smallest absolute Gasteiger partial charge is 0.189 e. The molecule has 0 atom stereocenters. The van der Waals surface area contributed by atoms with Crippen LogP contribution < -0.4 is 0 Å². The molecule has 1 aromatic rings. The first kappa shape index (κ1) is 11.1. The Hall–Kier alpha value is -0.930. The monoisotopic (exact) mass is 216 g/mol. The molecule has 0 N–H and O–H groups in total. The summed E-state index contributed by atoms with van der Waals surface area (Å²) in [6, 6.07) is 3.67. The highest BCUT2D eigenvalue weighted by atomic mass is 35.5. The average Bonchev–Trinajstić information content (AvgIpc) is 2.14. The third kappa shape index (κ3) is 2.79. The van der Waals surface area contributed by atoms with Crippen molar-refractivity contribution in [3.63, 3.8) is 0 Å². The number of hydrogen-bond donors (Lipinski definition) is 0. The normalized spacial score (nSPS) is 10.2. The predicted molar refractivity (Wildman–Crippen MR) is 52.2 cm³/mol. The molecule has 76 valence electrons. The number of halogens is 2. The van der Waals surface area contributed by atoms with Crippen LogP contribution in [0.4, 0.5) is 4.39 Å². The Morgan fingerprint density at radius 1 is 1.57 bits per heavy atom. The molecule has 0 bridgehead atoms. The summed E-state index contributed by atoms with van der Waals surface area (Å²) in [5.41, 5.74) is 0.293. The van der Waals surface area contributed by atoms with Gasteiger partial charge in [0.05, 0.1) is 5.02 Å². The standard InChI is InChI=1S/C10H10ClFO2/c1-2-14-6-10(13)8-4-3-7(12)5-9(8)11/h3-5H,2,6H2,1H3. The quantitative estimate of drug-likeness (QED) is 0.724. The van der Waals surface area contributed by atoms with Gasteiger partial charge in [0.25, 0.3) is 0 Å². The number of carbonyl (C=O) groups excluding carboxylic acids is 1. The molecule has 0 aliphatic rings. The van der Waals surface area contributed by atoms with Crippen LogP contribution >= 0.6 is 11.6 Å². The summed E-state index contributed by atoms with van der Waals surface area (Å²) in [5.74, 6) is -0.695. The lowest BCUT2D eigenvalue weighted by Gasteiger charge is -2.03. The van der Waals surface area contributed by atoms with E-state index in [1.807, 2.05) is 0 Å².